The van der Waals surface area contributed by atoms with Crippen LogP contribution in [0, 0.1) is 0 Å². The van der Waals surface area contributed by atoms with Crippen LogP contribution in [0.15, 0.2) is 54.6 Å². The summed E-state index contributed by atoms with van der Waals surface area (Å²) in [7, 11) is 1.95. The third-order valence-corrected chi connectivity index (χ3v) is 5.49. The number of likely N-dealkylation sites (tertiary alicyclic amines) is 1. The lowest BCUT2D eigenvalue weighted by Crippen LogP contribution is -2.49. The summed E-state index contributed by atoms with van der Waals surface area (Å²) >= 11 is 0. The summed E-state index contributed by atoms with van der Waals surface area (Å²) in [6.07, 6.45) is 2.49. The number of carbonyl (C=O) groups is 1. The maximum atomic E-state index is 12.7. The first-order chi connectivity index (χ1) is 12.5. The molecule has 1 saturated heterocycles. The van der Waals surface area contributed by atoms with Gasteiger partial charge in [-0.15, -0.1) is 0 Å². The van der Waals surface area contributed by atoms with E-state index in [9.17, 15) is 4.79 Å². The van der Waals surface area contributed by atoms with E-state index in [1.165, 1.54) is 5.56 Å². The van der Waals surface area contributed by atoms with Crippen LogP contribution in [0.2, 0.25) is 0 Å². The zero-order valence-corrected chi connectivity index (χ0v) is 15.8. The fourth-order valence-electron chi connectivity index (χ4n) is 3.74. The molecule has 1 fully saturated rings. The first-order valence-electron chi connectivity index (χ1n) is 9.41. The normalized spacial score (nSPS) is 20.7. The lowest BCUT2D eigenvalue weighted by Gasteiger charge is -2.41. The van der Waals surface area contributed by atoms with Crippen molar-refractivity contribution in [2.45, 2.75) is 44.8 Å². The molecule has 2 N–H and O–H groups in total. The van der Waals surface area contributed by atoms with Gasteiger partial charge in [0.1, 0.15) is 0 Å². The Bertz CT molecular complexity index is 714. The monoisotopic (exact) mass is 351 g/mol. The summed E-state index contributed by atoms with van der Waals surface area (Å²) < 4.78 is 0. The number of carbonyl (C=O) groups excluding carboxylic acids is 1. The molecular weight excluding hydrogens is 322 g/mol. The van der Waals surface area contributed by atoms with Gasteiger partial charge in [0, 0.05) is 37.9 Å². The molecule has 0 bridgehead atoms. The van der Waals surface area contributed by atoms with E-state index in [1.807, 2.05) is 36.2 Å². The van der Waals surface area contributed by atoms with Crippen LogP contribution in [0.4, 0.5) is 5.69 Å². The summed E-state index contributed by atoms with van der Waals surface area (Å²) in [5.41, 5.74) is 8.82. The van der Waals surface area contributed by atoms with Crippen molar-refractivity contribution >= 4 is 11.6 Å². The van der Waals surface area contributed by atoms with Crippen LogP contribution in [0.25, 0.3) is 0 Å². The Hall–Kier alpha value is -2.33. The van der Waals surface area contributed by atoms with Crippen LogP contribution in [0.1, 0.15) is 30.9 Å². The molecular formula is C22H29N3O. The van der Waals surface area contributed by atoms with Crippen LogP contribution in [-0.2, 0) is 17.8 Å². The van der Waals surface area contributed by atoms with Crippen molar-refractivity contribution in [2.24, 2.45) is 0 Å². The topological polar surface area (TPSA) is 49.6 Å². The molecule has 2 aromatic carbocycles. The van der Waals surface area contributed by atoms with Crippen LogP contribution >= 0.6 is 0 Å². The molecule has 1 amide bonds. The Balaban J connectivity index is 1.54. The van der Waals surface area contributed by atoms with E-state index in [1.54, 1.807) is 0 Å². The van der Waals surface area contributed by atoms with Crippen LogP contribution < -0.4 is 5.73 Å². The minimum absolute atomic E-state index is 0.184. The minimum Gasteiger partial charge on any atom is -0.399 e. The number of nitrogens with zero attached hydrogens (tertiary/aromatic N) is 2. The van der Waals surface area contributed by atoms with Gasteiger partial charge in [-0.2, -0.15) is 0 Å². The van der Waals surface area contributed by atoms with Crippen molar-refractivity contribution in [2.75, 3.05) is 19.3 Å². The Morgan fingerprint density at radius 2 is 1.81 bits per heavy atom. The highest BCUT2D eigenvalue weighted by atomic mass is 16.2. The smallest absolute Gasteiger partial charge is 0.226 e. The number of hydrogen-bond acceptors (Lipinski definition) is 3. The molecule has 0 aromatic heterocycles. The molecule has 2 unspecified atom stereocenters. The summed E-state index contributed by atoms with van der Waals surface area (Å²) in [5.74, 6) is 0.184. The number of nitrogens with two attached hydrogens (primary N) is 1. The van der Waals surface area contributed by atoms with Gasteiger partial charge in [-0.3, -0.25) is 9.69 Å². The fourth-order valence-corrected chi connectivity index (χ4v) is 3.74. The predicted octanol–water partition coefficient (Wildman–Crippen LogP) is 3.32. The van der Waals surface area contributed by atoms with Gasteiger partial charge in [-0.25, -0.2) is 0 Å². The van der Waals surface area contributed by atoms with Gasteiger partial charge < -0.3 is 10.6 Å². The van der Waals surface area contributed by atoms with Crippen LogP contribution in [0.3, 0.4) is 0 Å². The highest BCUT2D eigenvalue weighted by Gasteiger charge is 2.29. The lowest BCUT2D eigenvalue weighted by molar-refractivity contribution is -0.132. The number of benzene rings is 2. The highest BCUT2D eigenvalue weighted by Crippen LogP contribution is 2.23. The number of amides is 1. The van der Waals surface area contributed by atoms with Gasteiger partial charge in [-0.1, -0.05) is 42.5 Å². The van der Waals surface area contributed by atoms with Gasteiger partial charge in [0.15, 0.2) is 0 Å². The van der Waals surface area contributed by atoms with Gasteiger partial charge >= 0.3 is 0 Å². The van der Waals surface area contributed by atoms with Gasteiger partial charge in [-0.05, 0) is 43.0 Å². The van der Waals surface area contributed by atoms with E-state index in [-0.39, 0.29) is 5.91 Å². The quantitative estimate of drug-likeness (QED) is 0.841. The third kappa shape index (κ3) is 4.64. The van der Waals surface area contributed by atoms with Crippen molar-refractivity contribution < 1.29 is 4.79 Å². The van der Waals surface area contributed by atoms with Gasteiger partial charge in [0.2, 0.25) is 5.91 Å². The van der Waals surface area contributed by atoms with Gasteiger partial charge in [0.05, 0.1) is 6.42 Å². The second-order valence-electron chi connectivity index (χ2n) is 7.41. The van der Waals surface area contributed by atoms with E-state index < -0.39 is 0 Å². The maximum absolute atomic E-state index is 12.7. The van der Waals surface area contributed by atoms with E-state index in [0.717, 1.165) is 37.2 Å². The third-order valence-electron chi connectivity index (χ3n) is 5.49. The van der Waals surface area contributed by atoms with Gasteiger partial charge in [0.25, 0.3) is 0 Å². The Morgan fingerprint density at radius 1 is 1.12 bits per heavy atom. The fraction of sp³-hybridized carbons (Fsp3) is 0.409. The molecule has 138 valence electrons. The summed E-state index contributed by atoms with van der Waals surface area (Å²) in [6, 6.07) is 19.0. The minimum atomic E-state index is 0.184. The first kappa shape index (κ1) is 18.5. The second kappa shape index (κ2) is 8.37. The predicted molar refractivity (Wildman–Crippen MR) is 107 cm³/mol. The summed E-state index contributed by atoms with van der Waals surface area (Å²) in [4.78, 5) is 17.1. The molecule has 4 heteroatoms. The zero-order valence-electron chi connectivity index (χ0n) is 15.8. The van der Waals surface area contributed by atoms with Crippen LogP contribution in [0.5, 0.6) is 0 Å². The molecule has 0 spiro atoms. The van der Waals surface area contributed by atoms with Crippen molar-refractivity contribution in [3.05, 3.63) is 65.7 Å². The first-order valence-corrected chi connectivity index (χ1v) is 9.41. The van der Waals surface area contributed by atoms with Crippen molar-refractivity contribution in [3.8, 4) is 0 Å². The van der Waals surface area contributed by atoms with E-state index in [4.69, 9.17) is 5.73 Å². The largest absolute Gasteiger partial charge is 0.399 e. The summed E-state index contributed by atoms with van der Waals surface area (Å²) in [6.45, 7) is 4.28. The number of piperidine rings is 1. The number of likely N-dealkylation sites (N-methyl/N-ethyl adjacent to an activating group) is 1. The highest BCUT2D eigenvalue weighted by molar-refractivity contribution is 5.79. The molecule has 0 saturated carbocycles. The molecule has 4 nitrogen and oxygen atoms in total. The number of rotatable bonds is 5. The molecule has 26 heavy (non-hydrogen) atoms. The Kier molecular flexibility index (Phi) is 5.94. The molecule has 3 rings (SSSR count). The molecule has 2 atom stereocenters. The SMILES string of the molecule is CC1CC(N(C)C(=O)Cc2ccc(N)cc2)CCN1Cc1ccccc1. The average Bonchev–Trinajstić information content (AvgIpc) is 2.65. The number of anilines is 1. The standard InChI is InChI=1S/C22H29N3O/c1-17-14-21(12-13-25(17)16-19-6-4-3-5-7-19)24(2)22(26)15-18-8-10-20(23)11-9-18/h3-11,17,21H,12-16,23H2,1-2H3. The maximum Gasteiger partial charge on any atom is 0.226 e. The zero-order chi connectivity index (χ0) is 18.5. The van der Waals surface area contributed by atoms with Crippen molar-refractivity contribution in [1.29, 1.82) is 0 Å². The van der Waals surface area contributed by atoms with E-state index in [2.05, 4.69) is 42.2 Å². The number of nitrogen functional groups attached to an aromatic ring is 1. The van der Waals surface area contributed by atoms with Crippen LogP contribution in [-0.4, -0.2) is 41.4 Å². The summed E-state index contributed by atoms with van der Waals surface area (Å²) in [5, 5.41) is 0. The van der Waals surface area contributed by atoms with E-state index >= 15 is 0 Å². The van der Waals surface area contributed by atoms with E-state index in [0.29, 0.717) is 18.5 Å². The second-order valence-corrected chi connectivity index (χ2v) is 7.41. The Labute approximate surface area is 156 Å². The van der Waals surface area contributed by atoms with Crippen molar-refractivity contribution in [3.63, 3.8) is 0 Å². The van der Waals surface area contributed by atoms with Crippen molar-refractivity contribution in [1.82, 2.24) is 9.80 Å². The number of hydrogen-bond donors (Lipinski definition) is 1. The molecule has 0 radical (unpaired) electrons. The molecule has 1 aliphatic heterocycles. The molecule has 1 aliphatic rings. The molecule has 1 heterocycles. The average molecular weight is 351 g/mol. The lowest BCUT2D eigenvalue weighted by atomic mass is 9.96. The molecule has 2 aromatic rings. The molecule has 0 aliphatic carbocycles. The Morgan fingerprint density at radius 3 is 2.46 bits per heavy atom.